The predicted octanol–water partition coefficient (Wildman–Crippen LogP) is 3.93. The number of ketones is 1. The van der Waals surface area contributed by atoms with Crippen LogP contribution in [-0.2, 0) is 17.9 Å². The summed E-state index contributed by atoms with van der Waals surface area (Å²) >= 11 is 0. The van der Waals surface area contributed by atoms with Gasteiger partial charge < -0.3 is 9.30 Å². The molecule has 32 heavy (non-hydrogen) atoms. The van der Waals surface area contributed by atoms with E-state index in [0.29, 0.717) is 30.4 Å². The molecule has 0 radical (unpaired) electrons. The van der Waals surface area contributed by atoms with E-state index in [4.69, 9.17) is 4.74 Å². The highest BCUT2D eigenvalue weighted by Crippen LogP contribution is 2.15. The molecule has 1 N–H and O–H groups in total. The fraction of sp³-hybridized carbons (Fsp3) is 0.208. The Labute approximate surface area is 186 Å². The lowest BCUT2D eigenvalue weighted by Gasteiger charge is -2.09. The summed E-state index contributed by atoms with van der Waals surface area (Å²) in [5.41, 5.74) is 3.84. The molecule has 0 spiro atoms. The van der Waals surface area contributed by atoms with Crippen molar-refractivity contribution in [1.82, 2.24) is 30.2 Å². The maximum atomic E-state index is 12.8. The summed E-state index contributed by atoms with van der Waals surface area (Å²) in [7, 11) is 0. The maximum absolute atomic E-state index is 12.8. The molecule has 1 atom stereocenters. The fourth-order valence-electron chi connectivity index (χ4n) is 3.23. The standard InChI is InChI=1S/C24H24N6O2/c1-17-8-10-21(11-9-17)22(31)24-25-12-14-30(24)13-4-7-19-5-3-6-20(15-19)16-32-18(2)23-26-28-29-27-23/h3-12,14-15,18H,13,16H2,1-2H3,(H,26,27,28,29)/t18-/m1/s1. The molecule has 162 valence electrons. The summed E-state index contributed by atoms with van der Waals surface area (Å²) in [6.45, 7) is 4.86. The summed E-state index contributed by atoms with van der Waals surface area (Å²) in [4.78, 5) is 17.1. The highest BCUT2D eigenvalue weighted by Gasteiger charge is 2.14. The number of benzene rings is 2. The summed E-state index contributed by atoms with van der Waals surface area (Å²) < 4.78 is 7.67. The van der Waals surface area contributed by atoms with Gasteiger partial charge in [-0.3, -0.25) is 4.79 Å². The van der Waals surface area contributed by atoms with Crippen molar-refractivity contribution in [3.05, 3.63) is 101 Å². The topological polar surface area (TPSA) is 98.6 Å². The van der Waals surface area contributed by atoms with Gasteiger partial charge in [0.2, 0.25) is 11.6 Å². The van der Waals surface area contributed by atoms with Gasteiger partial charge in [0.1, 0.15) is 6.10 Å². The monoisotopic (exact) mass is 428 g/mol. The molecule has 4 rings (SSSR count). The van der Waals surface area contributed by atoms with Crippen molar-refractivity contribution < 1.29 is 9.53 Å². The lowest BCUT2D eigenvalue weighted by atomic mass is 10.1. The zero-order valence-corrected chi connectivity index (χ0v) is 18.0. The van der Waals surface area contributed by atoms with E-state index in [1.807, 2.05) is 79.2 Å². The summed E-state index contributed by atoms with van der Waals surface area (Å²) in [5, 5.41) is 13.9. The third-order valence-corrected chi connectivity index (χ3v) is 5.02. The Hall–Kier alpha value is -3.91. The minimum Gasteiger partial charge on any atom is -0.366 e. The number of hydrogen-bond donors (Lipinski definition) is 1. The summed E-state index contributed by atoms with van der Waals surface area (Å²) in [6.07, 6.45) is 7.24. The molecule has 0 unspecified atom stereocenters. The number of nitrogens with zero attached hydrogens (tertiary/aromatic N) is 5. The number of aryl methyl sites for hydroxylation is 1. The highest BCUT2D eigenvalue weighted by molar-refractivity contribution is 6.06. The number of nitrogens with one attached hydrogen (secondary N) is 1. The average Bonchev–Trinajstić information content (AvgIpc) is 3.50. The van der Waals surface area contributed by atoms with Gasteiger partial charge in [-0.15, -0.1) is 10.2 Å². The normalized spacial score (nSPS) is 12.3. The maximum Gasteiger partial charge on any atom is 0.228 e. The quantitative estimate of drug-likeness (QED) is 0.406. The van der Waals surface area contributed by atoms with E-state index in [1.54, 1.807) is 6.20 Å². The molecule has 0 aliphatic carbocycles. The Balaban J connectivity index is 1.38. The first-order chi connectivity index (χ1) is 15.6. The third-order valence-electron chi connectivity index (χ3n) is 5.02. The van der Waals surface area contributed by atoms with E-state index < -0.39 is 0 Å². The summed E-state index contributed by atoms with van der Waals surface area (Å²) in [5.74, 6) is 0.867. The van der Waals surface area contributed by atoms with Crippen LogP contribution in [0.4, 0.5) is 0 Å². The van der Waals surface area contributed by atoms with E-state index >= 15 is 0 Å². The number of tetrazole rings is 1. The number of rotatable bonds is 9. The number of imidazole rings is 1. The molecule has 0 aliphatic rings. The Bertz CT molecular complexity index is 1200. The van der Waals surface area contributed by atoms with E-state index in [9.17, 15) is 4.79 Å². The van der Waals surface area contributed by atoms with Gasteiger partial charge in [0.05, 0.1) is 6.61 Å². The fourth-order valence-corrected chi connectivity index (χ4v) is 3.23. The van der Waals surface area contributed by atoms with Crippen molar-refractivity contribution in [3.63, 3.8) is 0 Å². The van der Waals surface area contributed by atoms with Gasteiger partial charge in [0, 0.05) is 24.5 Å². The third kappa shape index (κ3) is 5.22. The van der Waals surface area contributed by atoms with Crippen molar-refractivity contribution in [2.24, 2.45) is 0 Å². The van der Waals surface area contributed by atoms with Gasteiger partial charge in [-0.1, -0.05) is 65.4 Å². The van der Waals surface area contributed by atoms with Crippen LogP contribution in [0.1, 0.15) is 51.7 Å². The molecular formula is C24H24N6O2. The SMILES string of the molecule is Cc1ccc(C(=O)c2nccn2CC=Cc2cccc(CO[C@H](C)c3nn[nH]n3)c2)cc1. The number of carbonyl (C=O) groups excluding carboxylic acids is 1. The Morgan fingerprint density at radius 3 is 2.84 bits per heavy atom. The lowest BCUT2D eigenvalue weighted by Crippen LogP contribution is -2.10. The molecule has 8 heteroatoms. The van der Waals surface area contributed by atoms with Crippen LogP contribution in [-0.4, -0.2) is 36.0 Å². The number of carbonyl (C=O) groups is 1. The second kappa shape index (κ2) is 9.93. The van der Waals surface area contributed by atoms with Crippen molar-refractivity contribution in [1.29, 1.82) is 0 Å². The molecule has 0 saturated carbocycles. The van der Waals surface area contributed by atoms with E-state index in [2.05, 4.69) is 31.7 Å². The van der Waals surface area contributed by atoms with Crippen LogP contribution >= 0.6 is 0 Å². The minimum atomic E-state index is -0.251. The van der Waals surface area contributed by atoms with Gasteiger partial charge in [0.25, 0.3) is 0 Å². The largest absolute Gasteiger partial charge is 0.366 e. The number of allylic oxidation sites excluding steroid dienone is 1. The first-order valence-electron chi connectivity index (χ1n) is 10.3. The van der Waals surface area contributed by atoms with Crippen LogP contribution in [0.5, 0.6) is 0 Å². The molecule has 8 nitrogen and oxygen atoms in total. The first kappa shape index (κ1) is 21.3. The Kier molecular flexibility index (Phi) is 6.62. The molecule has 0 bridgehead atoms. The van der Waals surface area contributed by atoms with E-state index in [1.165, 1.54) is 0 Å². The number of aromatic nitrogens is 6. The molecular weight excluding hydrogens is 404 g/mol. The predicted molar refractivity (Wildman–Crippen MR) is 120 cm³/mol. The van der Waals surface area contributed by atoms with Crippen molar-refractivity contribution in [3.8, 4) is 0 Å². The second-order valence-corrected chi connectivity index (χ2v) is 7.47. The smallest absolute Gasteiger partial charge is 0.228 e. The van der Waals surface area contributed by atoms with Crippen LogP contribution < -0.4 is 0 Å². The molecule has 0 saturated heterocycles. The van der Waals surface area contributed by atoms with Gasteiger partial charge in [-0.25, -0.2) is 4.98 Å². The molecule has 4 aromatic rings. The molecule has 2 heterocycles. The highest BCUT2D eigenvalue weighted by atomic mass is 16.5. The molecule has 0 fully saturated rings. The number of H-pyrrole nitrogens is 1. The van der Waals surface area contributed by atoms with Gasteiger partial charge >= 0.3 is 0 Å². The molecule has 0 aliphatic heterocycles. The molecule has 2 aromatic carbocycles. The van der Waals surface area contributed by atoms with Gasteiger partial charge in [-0.05, 0) is 31.0 Å². The van der Waals surface area contributed by atoms with Crippen molar-refractivity contribution >= 4 is 11.9 Å². The van der Waals surface area contributed by atoms with Gasteiger partial charge in [-0.2, -0.15) is 5.21 Å². The molecule has 0 amide bonds. The second-order valence-electron chi connectivity index (χ2n) is 7.47. The van der Waals surface area contributed by atoms with Crippen LogP contribution in [0.2, 0.25) is 0 Å². The van der Waals surface area contributed by atoms with Crippen LogP contribution in [0.3, 0.4) is 0 Å². The zero-order valence-electron chi connectivity index (χ0n) is 18.0. The average molecular weight is 428 g/mol. The van der Waals surface area contributed by atoms with Crippen LogP contribution in [0, 0.1) is 6.92 Å². The van der Waals surface area contributed by atoms with Crippen LogP contribution in [0.15, 0.2) is 67.0 Å². The van der Waals surface area contributed by atoms with E-state index in [-0.39, 0.29) is 11.9 Å². The Morgan fingerprint density at radius 2 is 2.06 bits per heavy atom. The van der Waals surface area contributed by atoms with E-state index in [0.717, 1.165) is 16.7 Å². The molecule has 2 aromatic heterocycles. The Morgan fingerprint density at radius 1 is 1.22 bits per heavy atom. The lowest BCUT2D eigenvalue weighted by molar-refractivity contribution is 0.0467. The number of ether oxygens (including phenoxy) is 1. The van der Waals surface area contributed by atoms with Crippen LogP contribution in [0.25, 0.3) is 6.08 Å². The summed E-state index contributed by atoms with van der Waals surface area (Å²) in [6, 6.07) is 15.6. The number of aromatic amines is 1. The first-order valence-corrected chi connectivity index (χ1v) is 10.3. The minimum absolute atomic E-state index is 0.0849. The zero-order chi connectivity index (χ0) is 22.3. The van der Waals surface area contributed by atoms with Crippen molar-refractivity contribution in [2.75, 3.05) is 0 Å². The van der Waals surface area contributed by atoms with Gasteiger partial charge in [0.15, 0.2) is 5.82 Å². The number of hydrogen-bond acceptors (Lipinski definition) is 6. The van der Waals surface area contributed by atoms with Crippen molar-refractivity contribution in [2.45, 2.75) is 33.1 Å².